The van der Waals surface area contributed by atoms with Crippen molar-refractivity contribution in [3.05, 3.63) is 52.4 Å². The lowest BCUT2D eigenvalue weighted by Crippen LogP contribution is -2.64. The monoisotopic (exact) mass is 306 g/mol. The molecule has 0 saturated heterocycles. The molecule has 2 bridgehead atoms. The number of hydrogen-bond acceptors (Lipinski definition) is 3. The van der Waals surface area contributed by atoms with E-state index in [1.165, 1.54) is 37.3 Å². The second-order valence-corrected chi connectivity index (χ2v) is 7.49. The highest BCUT2D eigenvalue weighted by atomic mass is 16.4. The second-order valence-electron chi connectivity index (χ2n) is 7.49. The van der Waals surface area contributed by atoms with Crippen LogP contribution in [0.3, 0.4) is 0 Å². The van der Waals surface area contributed by atoms with Crippen molar-refractivity contribution in [1.82, 2.24) is 0 Å². The van der Waals surface area contributed by atoms with Crippen molar-refractivity contribution < 1.29 is 9.52 Å². The van der Waals surface area contributed by atoms with Crippen molar-refractivity contribution in [2.75, 3.05) is 0 Å². The van der Waals surface area contributed by atoms with E-state index in [-0.39, 0.29) is 11.4 Å². The van der Waals surface area contributed by atoms with Crippen LogP contribution in [0.1, 0.15) is 38.2 Å². The largest absolute Gasteiger partial charge is 0.508 e. The molecule has 0 radical (unpaired) electrons. The average molecular weight is 306 g/mol. The number of fused-ring (bicyclic) bond motifs is 3. The van der Waals surface area contributed by atoms with E-state index in [4.69, 9.17) is 4.42 Å². The van der Waals surface area contributed by atoms with Gasteiger partial charge in [0.15, 0.2) is 0 Å². The molecule has 23 heavy (non-hydrogen) atoms. The molecule has 0 aliphatic heterocycles. The van der Waals surface area contributed by atoms with E-state index >= 15 is 0 Å². The van der Waals surface area contributed by atoms with Crippen molar-refractivity contribution in [2.45, 2.75) is 38.0 Å². The van der Waals surface area contributed by atoms with Crippen LogP contribution < -0.4 is 5.63 Å². The summed E-state index contributed by atoms with van der Waals surface area (Å²) in [6, 6.07) is 11.2. The third kappa shape index (κ3) is 1.57. The zero-order valence-electron chi connectivity index (χ0n) is 13.1. The van der Waals surface area contributed by atoms with Crippen LogP contribution in [-0.2, 0) is 5.41 Å². The molecule has 0 atom stereocenters. The second kappa shape index (κ2) is 3.97. The lowest BCUT2D eigenvalue weighted by atomic mass is 9.33. The summed E-state index contributed by atoms with van der Waals surface area (Å²) in [4.78, 5) is 12.4. The molecule has 3 fully saturated rings. The van der Waals surface area contributed by atoms with Crippen LogP contribution >= 0.6 is 0 Å². The zero-order valence-corrected chi connectivity index (χ0v) is 13.1. The minimum Gasteiger partial charge on any atom is -0.508 e. The molecule has 1 heterocycles. The molecular weight excluding hydrogens is 288 g/mol. The summed E-state index contributed by atoms with van der Waals surface area (Å²) >= 11 is 0. The van der Waals surface area contributed by atoms with Gasteiger partial charge in [-0.2, -0.15) is 0 Å². The van der Waals surface area contributed by atoms with Crippen LogP contribution in [0.2, 0.25) is 0 Å². The van der Waals surface area contributed by atoms with Crippen LogP contribution in [0, 0.1) is 5.41 Å². The third-order valence-electron chi connectivity index (χ3n) is 6.20. The minimum atomic E-state index is -0.322. The van der Waals surface area contributed by atoms with E-state index < -0.39 is 0 Å². The summed E-state index contributed by atoms with van der Waals surface area (Å²) in [5, 5.41) is 12.0. The van der Waals surface area contributed by atoms with Gasteiger partial charge >= 0.3 is 5.63 Å². The van der Waals surface area contributed by atoms with Crippen LogP contribution in [-0.4, -0.2) is 5.11 Å². The minimum absolute atomic E-state index is 0.107. The smallest absolute Gasteiger partial charge is 0.344 e. The third-order valence-corrected chi connectivity index (χ3v) is 6.20. The van der Waals surface area contributed by atoms with Crippen LogP contribution in [0.5, 0.6) is 5.75 Å². The van der Waals surface area contributed by atoms with Gasteiger partial charge in [-0.15, -0.1) is 0 Å². The number of hydrogen-bond donors (Lipinski definition) is 1. The lowest BCUT2D eigenvalue weighted by Gasteiger charge is -2.71. The fraction of sp³-hybridized carbons (Fsp3) is 0.350. The predicted molar refractivity (Wildman–Crippen MR) is 89.9 cm³/mol. The Kier molecular flexibility index (Phi) is 2.27. The van der Waals surface area contributed by atoms with Gasteiger partial charge in [-0.1, -0.05) is 25.5 Å². The first-order chi connectivity index (χ1) is 11.0. The molecular formula is C20H18O3. The molecule has 6 rings (SSSR count). The molecule has 3 aliphatic carbocycles. The highest BCUT2D eigenvalue weighted by Gasteiger charge is 2.66. The van der Waals surface area contributed by atoms with E-state index in [9.17, 15) is 9.90 Å². The number of phenolic OH excluding ortho intramolecular Hbond substituents is 1. The Hall–Kier alpha value is -2.29. The molecule has 2 aromatic carbocycles. The Morgan fingerprint density at radius 3 is 2.52 bits per heavy atom. The molecule has 116 valence electrons. The first-order valence-electron chi connectivity index (χ1n) is 8.24. The summed E-state index contributed by atoms with van der Waals surface area (Å²) < 4.78 is 5.41. The van der Waals surface area contributed by atoms with E-state index in [1.807, 2.05) is 18.2 Å². The molecule has 0 unspecified atom stereocenters. The van der Waals surface area contributed by atoms with Crippen molar-refractivity contribution >= 4 is 21.7 Å². The summed E-state index contributed by atoms with van der Waals surface area (Å²) in [6.07, 6.45) is 5.04. The van der Waals surface area contributed by atoms with Crippen molar-refractivity contribution in [3.63, 3.8) is 0 Å². The Balaban J connectivity index is 1.70. The maximum Gasteiger partial charge on any atom is 0.344 e. The van der Waals surface area contributed by atoms with Crippen molar-refractivity contribution in [1.29, 1.82) is 0 Å². The Morgan fingerprint density at radius 1 is 1.04 bits per heavy atom. The van der Waals surface area contributed by atoms with E-state index in [1.54, 1.807) is 6.07 Å². The Morgan fingerprint density at radius 2 is 1.78 bits per heavy atom. The van der Waals surface area contributed by atoms with Crippen molar-refractivity contribution in [3.8, 4) is 5.75 Å². The molecule has 3 saturated carbocycles. The fourth-order valence-corrected chi connectivity index (χ4v) is 4.93. The summed E-state index contributed by atoms with van der Waals surface area (Å²) in [5.74, 6) is 0.107. The summed E-state index contributed by atoms with van der Waals surface area (Å²) in [6.45, 7) is 2.28. The van der Waals surface area contributed by atoms with Gasteiger partial charge in [0.25, 0.3) is 0 Å². The first kappa shape index (κ1) is 13.2. The van der Waals surface area contributed by atoms with Gasteiger partial charge in [-0.3, -0.25) is 0 Å². The summed E-state index contributed by atoms with van der Waals surface area (Å²) in [5.41, 5.74) is 2.29. The number of aromatic hydroxyl groups is 1. The maximum atomic E-state index is 12.4. The average Bonchev–Trinajstić information content (AvgIpc) is 2.45. The molecule has 3 aliphatic rings. The van der Waals surface area contributed by atoms with Gasteiger partial charge < -0.3 is 9.52 Å². The summed E-state index contributed by atoms with van der Waals surface area (Å²) in [7, 11) is 0. The van der Waals surface area contributed by atoms with Gasteiger partial charge in [0.05, 0.1) is 5.39 Å². The van der Waals surface area contributed by atoms with Gasteiger partial charge in [-0.25, -0.2) is 4.79 Å². The standard InChI is InChI=1S/C20H18O3/c1-2-19-9-20(10-19,11-19)12-3-5-14-15-6-4-13(21)8-17(15)23-18(22)16(14)7-12/h3-8,21H,2,9-11H2,1H3. The van der Waals surface area contributed by atoms with Gasteiger partial charge in [0.2, 0.25) is 0 Å². The highest BCUT2D eigenvalue weighted by molar-refractivity contribution is 6.04. The topological polar surface area (TPSA) is 50.4 Å². The molecule has 1 aromatic heterocycles. The predicted octanol–water partition coefficient (Wildman–Crippen LogP) is 4.48. The highest BCUT2D eigenvalue weighted by Crippen LogP contribution is 2.75. The number of rotatable bonds is 2. The zero-order chi connectivity index (χ0) is 15.8. The molecule has 0 spiro atoms. The van der Waals surface area contributed by atoms with Crippen LogP contribution in [0.15, 0.2) is 45.6 Å². The lowest BCUT2D eigenvalue weighted by molar-refractivity contribution is -0.143. The Labute approximate surface area is 133 Å². The SMILES string of the molecule is CCC12CC(c3ccc4c(c3)c(=O)oc3cc(O)ccc34)(C1)C2. The molecule has 3 heteroatoms. The normalized spacial score (nSPS) is 28.6. The van der Waals surface area contributed by atoms with Gasteiger partial charge in [0.1, 0.15) is 11.3 Å². The maximum absolute atomic E-state index is 12.4. The molecule has 0 amide bonds. The fourth-order valence-electron chi connectivity index (χ4n) is 4.93. The quantitative estimate of drug-likeness (QED) is 0.561. The van der Waals surface area contributed by atoms with Gasteiger partial charge in [0, 0.05) is 11.5 Å². The van der Waals surface area contributed by atoms with Gasteiger partial charge in [-0.05, 0) is 59.2 Å². The molecule has 1 N–H and O–H groups in total. The van der Waals surface area contributed by atoms with E-state index in [0.717, 1.165) is 10.8 Å². The van der Waals surface area contributed by atoms with Crippen LogP contribution in [0.4, 0.5) is 0 Å². The van der Waals surface area contributed by atoms with E-state index in [2.05, 4.69) is 13.0 Å². The van der Waals surface area contributed by atoms with Crippen molar-refractivity contribution in [2.24, 2.45) is 5.41 Å². The van der Waals surface area contributed by atoms with E-state index in [0.29, 0.717) is 21.8 Å². The first-order valence-corrected chi connectivity index (χ1v) is 8.24. The molecule has 3 aromatic rings. The number of phenols is 1. The number of benzene rings is 2. The molecule has 3 nitrogen and oxygen atoms in total. The Bertz CT molecular complexity index is 1010. The van der Waals surface area contributed by atoms with Crippen LogP contribution in [0.25, 0.3) is 21.7 Å².